The summed E-state index contributed by atoms with van der Waals surface area (Å²) in [7, 11) is 0. The molecule has 2 heteroatoms. The first-order chi connectivity index (χ1) is 7.68. The molecule has 0 fully saturated rings. The SMILES string of the molecule is CC/C=C/C=C/CC/C=C/CC(C)C(N)=O. The molecule has 0 rings (SSSR count). The van der Waals surface area contributed by atoms with Crippen molar-refractivity contribution in [2.24, 2.45) is 11.7 Å². The third-order valence-electron chi connectivity index (χ3n) is 2.26. The van der Waals surface area contributed by atoms with Gasteiger partial charge in [-0.25, -0.2) is 0 Å². The highest BCUT2D eigenvalue weighted by Gasteiger charge is 2.04. The highest BCUT2D eigenvalue weighted by molar-refractivity contribution is 5.76. The second kappa shape index (κ2) is 10.2. The minimum atomic E-state index is -0.228. The van der Waals surface area contributed by atoms with Gasteiger partial charge in [0.25, 0.3) is 0 Å². The lowest BCUT2D eigenvalue weighted by Crippen LogP contribution is -2.19. The Hall–Kier alpha value is -1.31. The summed E-state index contributed by atoms with van der Waals surface area (Å²) in [5.41, 5.74) is 5.15. The summed E-state index contributed by atoms with van der Waals surface area (Å²) in [5.74, 6) is -0.284. The molecule has 0 aromatic carbocycles. The molecule has 0 spiro atoms. The van der Waals surface area contributed by atoms with E-state index in [1.807, 2.05) is 13.0 Å². The van der Waals surface area contributed by atoms with Gasteiger partial charge in [0, 0.05) is 5.92 Å². The molecule has 0 bridgehead atoms. The largest absolute Gasteiger partial charge is 0.369 e. The van der Waals surface area contributed by atoms with Crippen LogP contribution in [-0.4, -0.2) is 5.91 Å². The Morgan fingerprint density at radius 2 is 1.75 bits per heavy atom. The molecule has 1 amide bonds. The van der Waals surface area contributed by atoms with Crippen LogP contribution in [0.5, 0.6) is 0 Å². The Balaban J connectivity index is 3.51. The van der Waals surface area contributed by atoms with Crippen LogP contribution in [0.15, 0.2) is 36.5 Å². The van der Waals surface area contributed by atoms with Gasteiger partial charge in [-0.05, 0) is 25.7 Å². The highest BCUT2D eigenvalue weighted by atomic mass is 16.1. The predicted molar refractivity (Wildman–Crippen MR) is 69.9 cm³/mol. The molecule has 0 aliphatic rings. The minimum absolute atomic E-state index is 0.0562. The van der Waals surface area contributed by atoms with E-state index in [4.69, 9.17) is 5.73 Å². The summed E-state index contributed by atoms with van der Waals surface area (Å²) < 4.78 is 0. The maximum atomic E-state index is 10.7. The maximum absolute atomic E-state index is 10.7. The number of allylic oxidation sites excluding steroid dienone is 6. The Labute approximate surface area is 98.9 Å². The van der Waals surface area contributed by atoms with Crippen molar-refractivity contribution in [2.75, 3.05) is 0 Å². The molecular formula is C14H23NO. The number of primary amides is 1. The van der Waals surface area contributed by atoms with Crippen molar-refractivity contribution in [2.45, 2.75) is 39.5 Å². The summed E-state index contributed by atoms with van der Waals surface area (Å²) in [6.07, 6.45) is 16.4. The lowest BCUT2D eigenvalue weighted by molar-refractivity contribution is -0.121. The quantitative estimate of drug-likeness (QED) is 0.381. The van der Waals surface area contributed by atoms with Crippen LogP contribution in [0.2, 0.25) is 0 Å². The van der Waals surface area contributed by atoms with E-state index >= 15 is 0 Å². The molecule has 0 aromatic rings. The Bertz CT molecular complexity index is 264. The van der Waals surface area contributed by atoms with Crippen LogP contribution in [0.3, 0.4) is 0 Å². The lowest BCUT2D eigenvalue weighted by Gasteiger charge is -2.00. The molecule has 90 valence electrons. The fourth-order valence-electron chi connectivity index (χ4n) is 1.12. The number of nitrogens with two attached hydrogens (primary N) is 1. The lowest BCUT2D eigenvalue weighted by atomic mass is 10.1. The Kier molecular flexibility index (Phi) is 9.38. The monoisotopic (exact) mass is 221 g/mol. The second-order valence-corrected chi connectivity index (χ2v) is 3.85. The van der Waals surface area contributed by atoms with Gasteiger partial charge >= 0.3 is 0 Å². The van der Waals surface area contributed by atoms with Gasteiger partial charge < -0.3 is 5.73 Å². The molecule has 0 aromatic heterocycles. The van der Waals surface area contributed by atoms with E-state index in [9.17, 15) is 4.79 Å². The zero-order valence-corrected chi connectivity index (χ0v) is 10.4. The van der Waals surface area contributed by atoms with E-state index in [0.29, 0.717) is 0 Å². The van der Waals surface area contributed by atoms with Crippen molar-refractivity contribution >= 4 is 5.91 Å². The van der Waals surface area contributed by atoms with Crippen LogP contribution in [0.25, 0.3) is 0 Å². The summed E-state index contributed by atoms with van der Waals surface area (Å²) in [6.45, 7) is 3.97. The standard InChI is InChI=1S/C14H23NO/c1-3-4-5-6-7-8-9-10-11-12-13(2)14(15)16/h4-7,10-11,13H,3,8-9,12H2,1-2H3,(H2,15,16)/b5-4+,7-6+,11-10+. The van der Waals surface area contributed by atoms with E-state index in [1.165, 1.54) is 0 Å². The Morgan fingerprint density at radius 1 is 1.12 bits per heavy atom. The van der Waals surface area contributed by atoms with Crippen molar-refractivity contribution in [1.29, 1.82) is 0 Å². The average molecular weight is 221 g/mol. The van der Waals surface area contributed by atoms with Crippen LogP contribution < -0.4 is 5.73 Å². The fourth-order valence-corrected chi connectivity index (χ4v) is 1.12. The molecule has 0 saturated heterocycles. The molecule has 0 aliphatic carbocycles. The van der Waals surface area contributed by atoms with Crippen LogP contribution in [0.4, 0.5) is 0 Å². The van der Waals surface area contributed by atoms with Crippen LogP contribution in [0, 0.1) is 5.92 Å². The molecule has 0 aliphatic heterocycles. The topological polar surface area (TPSA) is 43.1 Å². The highest BCUT2D eigenvalue weighted by Crippen LogP contribution is 2.03. The van der Waals surface area contributed by atoms with Crippen LogP contribution >= 0.6 is 0 Å². The minimum Gasteiger partial charge on any atom is -0.369 e. The van der Waals surface area contributed by atoms with Crippen molar-refractivity contribution in [3.63, 3.8) is 0 Å². The van der Waals surface area contributed by atoms with E-state index in [1.54, 1.807) is 0 Å². The first-order valence-electron chi connectivity index (χ1n) is 5.94. The number of carbonyl (C=O) groups is 1. The first-order valence-corrected chi connectivity index (χ1v) is 5.94. The van der Waals surface area contributed by atoms with E-state index < -0.39 is 0 Å². The zero-order chi connectivity index (χ0) is 12.2. The summed E-state index contributed by atoms with van der Waals surface area (Å²) in [5, 5.41) is 0. The summed E-state index contributed by atoms with van der Waals surface area (Å²) in [6, 6.07) is 0. The van der Waals surface area contributed by atoms with Gasteiger partial charge in [-0.3, -0.25) is 4.79 Å². The molecular weight excluding hydrogens is 198 g/mol. The van der Waals surface area contributed by atoms with Gasteiger partial charge in [0.1, 0.15) is 0 Å². The van der Waals surface area contributed by atoms with Crippen molar-refractivity contribution < 1.29 is 4.79 Å². The smallest absolute Gasteiger partial charge is 0.220 e. The number of rotatable bonds is 8. The zero-order valence-electron chi connectivity index (χ0n) is 10.4. The van der Waals surface area contributed by atoms with Gasteiger partial charge in [-0.15, -0.1) is 0 Å². The number of unbranched alkanes of at least 4 members (excludes halogenated alkanes) is 1. The van der Waals surface area contributed by atoms with Gasteiger partial charge in [0.05, 0.1) is 0 Å². The number of hydrogen-bond donors (Lipinski definition) is 1. The van der Waals surface area contributed by atoms with Crippen molar-refractivity contribution in [3.05, 3.63) is 36.5 Å². The molecule has 0 radical (unpaired) electrons. The molecule has 1 unspecified atom stereocenters. The molecule has 2 nitrogen and oxygen atoms in total. The predicted octanol–water partition coefficient (Wildman–Crippen LogP) is 3.36. The van der Waals surface area contributed by atoms with Crippen molar-refractivity contribution in [1.82, 2.24) is 0 Å². The maximum Gasteiger partial charge on any atom is 0.220 e. The number of hydrogen-bond acceptors (Lipinski definition) is 1. The van der Waals surface area contributed by atoms with Gasteiger partial charge in [-0.1, -0.05) is 50.3 Å². The molecule has 0 saturated carbocycles. The summed E-state index contributed by atoms with van der Waals surface area (Å²) >= 11 is 0. The molecule has 2 N–H and O–H groups in total. The van der Waals surface area contributed by atoms with Gasteiger partial charge in [0.15, 0.2) is 0 Å². The van der Waals surface area contributed by atoms with E-state index in [2.05, 4.69) is 37.3 Å². The number of amides is 1. The Morgan fingerprint density at radius 3 is 2.38 bits per heavy atom. The first kappa shape index (κ1) is 14.7. The third kappa shape index (κ3) is 9.25. The average Bonchev–Trinajstić information content (AvgIpc) is 2.26. The van der Waals surface area contributed by atoms with Gasteiger partial charge in [-0.2, -0.15) is 0 Å². The van der Waals surface area contributed by atoms with Crippen LogP contribution in [0.1, 0.15) is 39.5 Å². The summed E-state index contributed by atoms with van der Waals surface area (Å²) in [4.78, 5) is 10.7. The van der Waals surface area contributed by atoms with Gasteiger partial charge in [0.2, 0.25) is 5.91 Å². The fraction of sp³-hybridized carbons (Fsp3) is 0.500. The molecule has 0 heterocycles. The van der Waals surface area contributed by atoms with Crippen molar-refractivity contribution in [3.8, 4) is 0 Å². The molecule has 16 heavy (non-hydrogen) atoms. The van der Waals surface area contributed by atoms with E-state index in [0.717, 1.165) is 25.7 Å². The molecule has 1 atom stereocenters. The van der Waals surface area contributed by atoms with Crippen LogP contribution in [-0.2, 0) is 4.79 Å². The normalized spacial score (nSPS) is 14.1. The second-order valence-electron chi connectivity index (χ2n) is 3.85. The van der Waals surface area contributed by atoms with E-state index in [-0.39, 0.29) is 11.8 Å². The third-order valence-corrected chi connectivity index (χ3v) is 2.26. The number of carbonyl (C=O) groups excluding carboxylic acids is 1.